The summed E-state index contributed by atoms with van der Waals surface area (Å²) in [5, 5.41) is 2.36. The summed E-state index contributed by atoms with van der Waals surface area (Å²) in [6.07, 6.45) is 2.08. The predicted octanol–water partition coefficient (Wildman–Crippen LogP) is 2.63. The van der Waals surface area contributed by atoms with Crippen molar-refractivity contribution in [1.29, 1.82) is 0 Å². The Labute approximate surface area is 124 Å². The van der Waals surface area contributed by atoms with E-state index in [-0.39, 0.29) is 11.3 Å². The molecule has 5 nitrogen and oxygen atoms in total. The molecule has 2 aromatic heterocycles. The number of hydrogen-bond acceptors (Lipinski definition) is 3. The number of aromatic nitrogens is 3. The van der Waals surface area contributed by atoms with E-state index < -0.39 is 0 Å². The molecule has 0 saturated heterocycles. The monoisotopic (exact) mass is 344 g/mol. The fourth-order valence-corrected chi connectivity index (χ4v) is 2.35. The molecular weight excluding hydrogens is 332 g/mol. The van der Waals surface area contributed by atoms with E-state index in [0.29, 0.717) is 13.0 Å². The Morgan fingerprint density at radius 2 is 2.37 bits per heavy atom. The van der Waals surface area contributed by atoms with Crippen molar-refractivity contribution in [3.05, 3.63) is 22.6 Å². The second-order valence-electron chi connectivity index (χ2n) is 4.16. The van der Waals surface area contributed by atoms with Crippen LogP contribution in [0.15, 0.2) is 16.7 Å². The normalized spacial score (nSPS) is 12.6. The molecular formula is C12H14BrClN4O. The van der Waals surface area contributed by atoms with Crippen molar-refractivity contribution >= 4 is 44.6 Å². The van der Waals surface area contributed by atoms with Crippen molar-refractivity contribution in [2.75, 3.05) is 7.05 Å². The van der Waals surface area contributed by atoms with Crippen LogP contribution in [0.4, 0.5) is 0 Å². The lowest BCUT2D eigenvalue weighted by Crippen LogP contribution is -2.20. The number of nitrogens with one attached hydrogen (secondary N) is 1. The summed E-state index contributed by atoms with van der Waals surface area (Å²) in [7, 11) is 1.62. The maximum atomic E-state index is 11.4. The lowest BCUT2D eigenvalue weighted by molar-refractivity contribution is -0.120. The number of pyridine rings is 1. The van der Waals surface area contributed by atoms with E-state index in [1.165, 1.54) is 0 Å². The maximum Gasteiger partial charge on any atom is 0.221 e. The summed E-state index contributed by atoms with van der Waals surface area (Å²) in [6.45, 7) is 2.37. The summed E-state index contributed by atoms with van der Waals surface area (Å²) < 4.78 is 2.76. The average molecular weight is 346 g/mol. The van der Waals surface area contributed by atoms with Gasteiger partial charge in [-0.2, -0.15) is 0 Å². The van der Waals surface area contributed by atoms with Gasteiger partial charge in [0.05, 0.1) is 5.38 Å². The first-order valence-corrected chi connectivity index (χ1v) is 7.12. The van der Waals surface area contributed by atoms with Crippen LogP contribution in [0.25, 0.3) is 11.2 Å². The summed E-state index contributed by atoms with van der Waals surface area (Å²) in [5.74, 6) is 0.707. The fraction of sp³-hybridized carbons (Fsp3) is 0.417. The zero-order valence-electron chi connectivity index (χ0n) is 10.7. The van der Waals surface area contributed by atoms with Gasteiger partial charge in [0.15, 0.2) is 5.65 Å². The third kappa shape index (κ3) is 3.06. The highest BCUT2D eigenvalue weighted by Gasteiger charge is 2.16. The molecule has 0 radical (unpaired) electrons. The minimum absolute atomic E-state index is 0.0212. The topological polar surface area (TPSA) is 59.8 Å². The van der Waals surface area contributed by atoms with E-state index in [1.807, 2.05) is 17.6 Å². The first-order chi connectivity index (χ1) is 9.02. The smallest absolute Gasteiger partial charge is 0.221 e. The third-order valence-corrected chi connectivity index (χ3v) is 3.41. The number of carbonyl (C=O) groups is 1. The van der Waals surface area contributed by atoms with Crippen LogP contribution in [0.5, 0.6) is 0 Å². The highest BCUT2D eigenvalue weighted by Crippen LogP contribution is 2.25. The van der Waals surface area contributed by atoms with Crippen molar-refractivity contribution in [3.8, 4) is 0 Å². The SMILES string of the molecule is CNC(=O)CCn1c(C(C)Cl)nc2cc(Br)cnc21. The second kappa shape index (κ2) is 5.88. The number of carbonyl (C=O) groups excluding carboxylic acids is 1. The number of fused-ring (bicyclic) bond motifs is 1. The molecule has 0 fully saturated rings. The van der Waals surface area contributed by atoms with E-state index in [2.05, 4.69) is 31.2 Å². The summed E-state index contributed by atoms with van der Waals surface area (Å²) in [6, 6.07) is 1.89. The number of amides is 1. The molecule has 2 rings (SSSR count). The number of aryl methyl sites for hydroxylation is 1. The number of halogens is 2. The van der Waals surface area contributed by atoms with Gasteiger partial charge < -0.3 is 9.88 Å². The van der Waals surface area contributed by atoms with E-state index in [4.69, 9.17) is 11.6 Å². The Kier molecular flexibility index (Phi) is 4.42. The van der Waals surface area contributed by atoms with Gasteiger partial charge in [-0.25, -0.2) is 9.97 Å². The molecule has 1 atom stereocenters. The van der Waals surface area contributed by atoms with Crippen LogP contribution in [-0.4, -0.2) is 27.5 Å². The largest absolute Gasteiger partial charge is 0.359 e. The van der Waals surface area contributed by atoms with Gasteiger partial charge in [-0.3, -0.25) is 4.79 Å². The molecule has 102 valence electrons. The van der Waals surface area contributed by atoms with Crippen LogP contribution in [0.1, 0.15) is 24.5 Å². The van der Waals surface area contributed by atoms with Crippen molar-refractivity contribution in [2.45, 2.75) is 25.3 Å². The molecule has 0 aromatic carbocycles. The number of alkyl halides is 1. The first kappa shape index (κ1) is 14.3. The standard InChI is InChI=1S/C12H14BrClN4O/c1-7(14)11-17-9-5-8(13)6-16-12(9)18(11)4-3-10(19)15-2/h5-7H,3-4H2,1-2H3,(H,15,19). The van der Waals surface area contributed by atoms with Gasteiger partial charge in [-0.15, -0.1) is 11.6 Å². The molecule has 0 bridgehead atoms. The fourth-order valence-electron chi connectivity index (χ4n) is 1.87. The summed E-state index contributed by atoms with van der Waals surface area (Å²) in [5.41, 5.74) is 1.52. The van der Waals surface area contributed by atoms with Crippen molar-refractivity contribution in [3.63, 3.8) is 0 Å². The molecule has 0 saturated carbocycles. The van der Waals surface area contributed by atoms with Gasteiger partial charge in [-0.05, 0) is 28.9 Å². The molecule has 0 aliphatic heterocycles. The zero-order valence-corrected chi connectivity index (χ0v) is 13.0. The Bertz CT molecular complexity index is 611. The summed E-state index contributed by atoms with van der Waals surface area (Å²) >= 11 is 9.51. The Morgan fingerprint density at radius 3 is 3.00 bits per heavy atom. The molecule has 1 N–H and O–H groups in total. The predicted molar refractivity (Wildman–Crippen MR) is 78.2 cm³/mol. The Morgan fingerprint density at radius 1 is 1.63 bits per heavy atom. The van der Waals surface area contributed by atoms with E-state index in [0.717, 1.165) is 21.5 Å². The molecule has 19 heavy (non-hydrogen) atoms. The minimum atomic E-state index is -0.238. The maximum absolute atomic E-state index is 11.4. The highest BCUT2D eigenvalue weighted by atomic mass is 79.9. The van der Waals surface area contributed by atoms with Gasteiger partial charge in [0, 0.05) is 30.7 Å². The molecule has 7 heteroatoms. The molecule has 1 unspecified atom stereocenters. The van der Waals surface area contributed by atoms with Gasteiger partial charge in [0.1, 0.15) is 11.3 Å². The van der Waals surface area contributed by atoms with Gasteiger partial charge in [-0.1, -0.05) is 0 Å². The number of imidazole rings is 1. The number of nitrogens with zero attached hydrogens (tertiary/aromatic N) is 3. The number of hydrogen-bond donors (Lipinski definition) is 1. The molecule has 0 aliphatic rings. The lowest BCUT2D eigenvalue weighted by Gasteiger charge is -2.09. The van der Waals surface area contributed by atoms with Crippen LogP contribution < -0.4 is 5.32 Å². The van der Waals surface area contributed by atoms with Crippen LogP contribution in [0.3, 0.4) is 0 Å². The molecule has 2 aromatic rings. The van der Waals surface area contributed by atoms with E-state index in [1.54, 1.807) is 13.2 Å². The quantitative estimate of drug-likeness (QED) is 0.867. The third-order valence-electron chi connectivity index (χ3n) is 2.78. The Hall–Kier alpha value is -1.14. The molecule has 0 aliphatic carbocycles. The van der Waals surface area contributed by atoms with Crippen LogP contribution in [0.2, 0.25) is 0 Å². The highest BCUT2D eigenvalue weighted by molar-refractivity contribution is 9.10. The van der Waals surface area contributed by atoms with Crippen molar-refractivity contribution < 1.29 is 4.79 Å². The lowest BCUT2D eigenvalue weighted by atomic mass is 10.3. The first-order valence-electron chi connectivity index (χ1n) is 5.89. The molecule has 0 spiro atoms. The van der Waals surface area contributed by atoms with Crippen molar-refractivity contribution in [1.82, 2.24) is 19.9 Å². The molecule has 1 amide bonds. The Balaban J connectivity index is 2.43. The van der Waals surface area contributed by atoms with Crippen LogP contribution in [0, 0.1) is 0 Å². The summed E-state index contributed by atoms with van der Waals surface area (Å²) in [4.78, 5) is 20.2. The van der Waals surface area contributed by atoms with E-state index in [9.17, 15) is 4.79 Å². The average Bonchev–Trinajstić information content (AvgIpc) is 2.73. The second-order valence-corrected chi connectivity index (χ2v) is 5.73. The van der Waals surface area contributed by atoms with E-state index >= 15 is 0 Å². The van der Waals surface area contributed by atoms with Crippen molar-refractivity contribution in [2.24, 2.45) is 0 Å². The zero-order chi connectivity index (χ0) is 14.0. The molecule has 2 heterocycles. The van der Waals surface area contributed by atoms with Crippen LogP contribution >= 0.6 is 27.5 Å². The van der Waals surface area contributed by atoms with Gasteiger partial charge in [0.2, 0.25) is 5.91 Å². The van der Waals surface area contributed by atoms with Gasteiger partial charge >= 0.3 is 0 Å². The number of rotatable bonds is 4. The van der Waals surface area contributed by atoms with Gasteiger partial charge in [0.25, 0.3) is 0 Å². The minimum Gasteiger partial charge on any atom is -0.359 e. The van der Waals surface area contributed by atoms with Crippen LogP contribution in [-0.2, 0) is 11.3 Å².